The zero-order chi connectivity index (χ0) is 9.00. The predicted octanol–water partition coefficient (Wildman–Crippen LogP) is -0.668. The SMILES string of the molecule is CS(=O)(=O)O.CS(=O)(=O)O.N.N. The maximum absolute atomic E-state index is 9.19. The molecule has 0 aromatic rings. The van der Waals surface area contributed by atoms with Gasteiger partial charge >= 0.3 is 0 Å². The van der Waals surface area contributed by atoms with Crippen LogP contribution in [0.25, 0.3) is 0 Å². The Morgan fingerprint density at radius 1 is 0.750 bits per heavy atom. The van der Waals surface area contributed by atoms with Gasteiger partial charge in [-0.25, -0.2) is 0 Å². The summed E-state index contributed by atoms with van der Waals surface area (Å²) in [5.74, 6) is 0. The second-order valence-electron chi connectivity index (χ2n) is 1.47. The highest BCUT2D eigenvalue weighted by molar-refractivity contribution is 7.85. The van der Waals surface area contributed by atoms with Crippen molar-refractivity contribution in [1.82, 2.24) is 12.3 Å². The normalized spacial score (nSPS) is 9.67. The lowest BCUT2D eigenvalue weighted by Crippen LogP contribution is -1.88. The third-order valence-electron chi connectivity index (χ3n) is 0. The highest BCUT2D eigenvalue weighted by Crippen LogP contribution is 1.60. The summed E-state index contributed by atoms with van der Waals surface area (Å²) in [4.78, 5) is 0. The Balaban J connectivity index is -0.0000000457. The molecule has 0 aromatic heterocycles. The fraction of sp³-hybridized carbons (Fsp3) is 1.00. The molecule has 0 amide bonds. The first-order valence-corrected chi connectivity index (χ1v) is 5.54. The molecule has 12 heavy (non-hydrogen) atoms. The molecule has 0 rings (SSSR count). The minimum Gasteiger partial charge on any atom is -0.344 e. The van der Waals surface area contributed by atoms with E-state index in [0.29, 0.717) is 12.5 Å². The first kappa shape index (κ1) is 22.6. The second kappa shape index (κ2) is 7.39. The molecule has 0 aliphatic carbocycles. The Kier molecular flexibility index (Phi) is 13.9. The van der Waals surface area contributed by atoms with Gasteiger partial charge in [-0.2, -0.15) is 16.8 Å². The molecule has 0 saturated carbocycles. The van der Waals surface area contributed by atoms with E-state index >= 15 is 0 Å². The molecule has 0 bridgehead atoms. The molecule has 8 nitrogen and oxygen atoms in total. The minimum absolute atomic E-state index is 0. The van der Waals surface area contributed by atoms with Crippen LogP contribution in [0.4, 0.5) is 0 Å². The van der Waals surface area contributed by atoms with Crippen LogP contribution in [0.5, 0.6) is 0 Å². The lowest BCUT2D eigenvalue weighted by atomic mass is 12.0. The Morgan fingerprint density at radius 3 is 0.750 bits per heavy atom. The van der Waals surface area contributed by atoms with Crippen molar-refractivity contribution in [3.63, 3.8) is 0 Å². The van der Waals surface area contributed by atoms with Gasteiger partial charge in [0, 0.05) is 0 Å². The molecule has 0 atom stereocenters. The zero-order valence-electron chi connectivity index (χ0n) is 6.76. The first-order valence-electron chi connectivity index (χ1n) is 1.85. The third-order valence-corrected chi connectivity index (χ3v) is 0. The van der Waals surface area contributed by atoms with Crippen LogP contribution < -0.4 is 12.3 Å². The van der Waals surface area contributed by atoms with Crippen LogP contribution >= 0.6 is 0 Å². The summed E-state index contributed by atoms with van der Waals surface area (Å²) >= 11 is 0. The smallest absolute Gasteiger partial charge is 0.261 e. The highest BCUT2D eigenvalue weighted by Gasteiger charge is 1.81. The summed E-state index contributed by atoms with van der Waals surface area (Å²) in [5.41, 5.74) is 0. The van der Waals surface area contributed by atoms with E-state index in [4.69, 9.17) is 9.11 Å². The Hall–Kier alpha value is -0.260. The summed E-state index contributed by atoms with van der Waals surface area (Å²) in [6.07, 6.45) is 1.43. The maximum atomic E-state index is 9.19. The van der Waals surface area contributed by atoms with Crippen molar-refractivity contribution in [3.05, 3.63) is 0 Å². The highest BCUT2D eigenvalue weighted by atomic mass is 32.2. The number of hydrogen-bond donors (Lipinski definition) is 4. The molecule has 0 saturated heterocycles. The summed E-state index contributed by atoms with van der Waals surface area (Å²) < 4.78 is 51.7. The lowest BCUT2D eigenvalue weighted by Gasteiger charge is -1.69. The lowest BCUT2D eigenvalue weighted by molar-refractivity contribution is 0.488. The van der Waals surface area contributed by atoms with Crippen molar-refractivity contribution in [1.29, 1.82) is 0 Å². The average Bonchev–Trinajstić information content (AvgIpc) is 1.12. The molecule has 0 spiro atoms. The standard InChI is InChI=1S/2CH4O3S.2H3N/c2*1-5(2,3)4;;/h2*1H3,(H,2,3,4);2*1H3. The molecular weight excluding hydrogens is 212 g/mol. The third kappa shape index (κ3) is 11000. The van der Waals surface area contributed by atoms with E-state index in [-0.39, 0.29) is 12.3 Å². The van der Waals surface area contributed by atoms with Crippen LogP contribution in [0.15, 0.2) is 0 Å². The van der Waals surface area contributed by atoms with Gasteiger partial charge in [0.1, 0.15) is 0 Å². The molecule has 0 aromatic carbocycles. The second-order valence-corrected chi connectivity index (χ2v) is 4.40. The Morgan fingerprint density at radius 2 is 0.750 bits per heavy atom. The molecule has 0 radical (unpaired) electrons. The van der Waals surface area contributed by atoms with Gasteiger partial charge in [-0.15, -0.1) is 0 Å². The van der Waals surface area contributed by atoms with Crippen molar-refractivity contribution in [2.45, 2.75) is 0 Å². The van der Waals surface area contributed by atoms with Crippen molar-refractivity contribution in [2.75, 3.05) is 12.5 Å². The van der Waals surface area contributed by atoms with Gasteiger partial charge in [0.2, 0.25) is 0 Å². The van der Waals surface area contributed by atoms with Crippen LogP contribution in [-0.4, -0.2) is 38.5 Å². The van der Waals surface area contributed by atoms with E-state index in [1.807, 2.05) is 0 Å². The van der Waals surface area contributed by atoms with Crippen molar-refractivity contribution < 1.29 is 25.9 Å². The van der Waals surface area contributed by atoms with Crippen molar-refractivity contribution in [2.24, 2.45) is 0 Å². The van der Waals surface area contributed by atoms with Gasteiger partial charge in [0.15, 0.2) is 0 Å². The minimum atomic E-state index is -3.67. The number of hydrogen-bond acceptors (Lipinski definition) is 6. The Bertz CT molecular complexity index is 218. The van der Waals surface area contributed by atoms with E-state index < -0.39 is 20.2 Å². The van der Waals surface area contributed by atoms with Crippen molar-refractivity contribution >= 4 is 20.2 Å². The van der Waals surface area contributed by atoms with Crippen LogP contribution in [-0.2, 0) is 20.2 Å². The summed E-state index contributed by atoms with van der Waals surface area (Å²) in [7, 11) is -7.33. The van der Waals surface area contributed by atoms with Crippen LogP contribution in [0.2, 0.25) is 0 Å². The van der Waals surface area contributed by atoms with E-state index in [9.17, 15) is 16.8 Å². The summed E-state index contributed by atoms with van der Waals surface area (Å²) in [6.45, 7) is 0. The Labute approximate surface area is 71.6 Å². The monoisotopic (exact) mass is 226 g/mol. The molecule has 80 valence electrons. The molecular formula is C2H14N2O6S2. The van der Waals surface area contributed by atoms with Gasteiger partial charge in [0.05, 0.1) is 12.5 Å². The average molecular weight is 226 g/mol. The van der Waals surface area contributed by atoms with E-state index in [1.54, 1.807) is 0 Å². The topological polar surface area (TPSA) is 179 Å². The molecule has 0 aliphatic heterocycles. The quantitative estimate of drug-likeness (QED) is 0.392. The number of rotatable bonds is 0. The molecule has 0 fully saturated rings. The fourth-order valence-corrected chi connectivity index (χ4v) is 0. The summed E-state index contributed by atoms with van der Waals surface area (Å²) in [5, 5.41) is 0. The van der Waals surface area contributed by atoms with Gasteiger partial charge in [-0.1, -0.05) is 0 Å². The largest absolute Gasteiger partial charge is 0.344 e. The van der Waals surface area contributed by atoms with E-state index in [1.165, 1.54) is 0 Å². The molecule has 0 heterocycles. The van der Waals surface area contributed by atoms with Gasteiger partial charge in [-0.05, 0) is 0 Å². The maximum Gasteiger partial charge on any atom is 0.261 e. The fourth-order valence-electron chi connectivity index (χ4n) is 0. The first-order chi connectivity index (χ1) is 4.00. The van der Waals surface area contributed by atoms with Gasteiger partial charge in [0.25, 0.3) is 20.2 Å². The van der Waals surface area contributed by atoms with E-state index in [2.05, 4.69) is 0 Å². The molecule has 0 aliphatic rings. The van der Waals surface area contributed by atoms with E-state index in [0.717, 1.165) is 0 Å². The van der Waals surface area contributed by atoms with Crippen LogP contribution in [0.1, 0.15) is 0 Å². The summed E-state index contributed by atoms with van der Waals surface area (Å²) in [6, 6.07) is 0. The van der Waals surface area contributed by atoms with Crippen LogP contribution in [0, 0.1) is 0 Å². The predicted molar refractivity (Wildman–Crippen MR) is 45.0 cm³/mol. The van der Waals surface area contributed by atoms with Crippen LogP contribution in [0.3, 0.4) is 0 Å². The van der Waals surface area contributed by atoms with Gasteiger partial charge in [-0.3, -0.25) is 9.11 Å². The molecule has 0 unspecified atom stereocenters. The van der Waals surface area contributed by atoms with Crippen molar-refractivity contribution in [3.8, 4) is 0 Å². The van der Waals surface area contributed by atoms with Gasteiger partial charge < -0.3 is 12.3 Å². The molecule has 8 N–H and O–H groups in total. The zero-order valence-corrected chi connectivity index (χ0v) is 8.39. The molecule has 10 heteroatoms.